The number of nitrogens with one attached hydrogen (secondary N) is 1. The number of amides is 1. The van der Waals surface area contributed by atoms with Gasteiger partial charge in [0, 0.05) is 29.2 Å². The van der Waals surface area contributed by atoms with Crippen LogP contribution in [0.2, 0.25) is 0 Å². The second-order valence-corrected chi connectivity index (χ2v) is 11.5. The summed E-state index contributed by atoms with van der Waals surface area (Å²) < 4.78 is 0. The molecule has 2 aliphatic rings. The second-order valence-electron chi connectivity index (χ2n) is 11.5. The van der Waals surface area contributed by atoms with E-state index in [1.54, 1.807) is 0 Å². The Kier molecular flexibility index (Phi) is 6.26. The Morgan fingerprint density at radius 1 is 1.00 bits per heavy atom. The maximum atomic E-state index is 14.0. The van der Waals surface area contributed by atoms with E-state index in [9.17, 15) is 19.8 Å². The summed E-state index contributed by atoms with van der Waals surface area (Å²) in [4.78, 5) is 27.3. The maximum Gasteiger partial charge on any atom is 0.251 e. The predicted octanol–water partition coefficient (Wildman–Crippen LogP) is 5.88. The summed E-state index contributed by atoms with van der Waals surface area (Å²) in [6.07, 6.45) is 3.93. The van der Waals surface area contributed by atoms with Crippen LogP contribution >= 0.6 is 0 Å². The summed E-state index contributed by atoms with van der Waals surface area (Å²) in [5.74, 6) is -0.600. The summed E-state index contributed by atoms with van der Waals surface area (Å²) in [5, 5.41) is 23.4. The summed E-state index contributed by atoms with van der Waals surface area (Å²) in [5.41, 5.74) is 1.71. The SMILES string of the molecule is Cc1ccccc1C(=O)N[C@@H]1C[C@H]2C(C)(C)CCC[C@]2(C)[C@@H](C(=O)c2cc(O)cc(O)c2)[C@@H]1C. The van der Waals surface area contributed by atoms with Crippen LogP contribution in [0.5, 0.6) is 11.5 Å². The molecule has 2 fully saturated rings. The first-order chi connectivity index (χ1) is 15.9. The van der Waals surface area contributed by atoms with Crippen LogP contribution in [-0.2, 0) is 0 Å². The van der Waals surface area contributed by atoms with Crippen LogP contribution in [0, 0.1) is 35.5 Å². The van der Waals surface area contributed by atoms with E-state index < -0.39 is 0 Å². The summed E-state index contributed by atoms with van der Waals surface area (Å²) in [6.45, 7) is 10.8. The van der Waals surface area contributed by atoms with Crippen LogP contribution < -0.4 is 5.32 Å². The maximum absolute atomic E-state index is 14.0. The van der Waals surface area contributed by atoms with Crippen molar-refractivity contribution in [3.63, 3.8) is 0 Å². The number of carbonyl (C=O) groups excluding carboxylic acids is 2. The van der Waals surface area contributed by atoms with Crippen molar-refractivity contribution in [2.24, 2.45) is 28.6 Å². The number of phenols is 2. The van der Waals surface area contributed by atoms with E-state index in [-0.39, 0.29) is 57.8 Å². The van der Waals surface area contributed by atoms with E-state index in [0.29, 0.717) is 11.1 Å². The van der Waals surface area contributed by atoms with E-state index in [4.69, 9.17) is 0 Å². The van der Waals surface area contributed by atoms with Gasteiger partial charge in [-0.05, 0) is 72.6 Å². The van der Waals surface area contributed by atoms with Gasteiger partial charge in [0.2, 0.25) is 0 Å². The highest BCUT2D eigenvalue weighted by atomic mass is 16.3. The third-order valence-electron chi connectivity index (χ3n) is 8.81. The number of rotatable bonds is 4. The van der Waals surface area contributed by atoms with Gasteiger partial charge >= 0.3 is 0 Å². The average molecular weight is 464 g/mol. The van der Waals surface area contributed by atoms with E-state index >= 15 is 0 Å². The van der Waals surface area contributed by atoms with Crippen molar-refractivity contribution in [2.75, 3.05) is 0 Å². The first-order valence-corrected chi connectivity index (χ1v) is 12.4. The number of aromatic hydroxyl groups is 2. The molecule has 182 valence electrons. The highest BCUT2D eigenvalue weighted by molar-refractivity contribution is 6.00. The lowest BCUT2D eigenvalue weighted by Crippen LogP contribution is -2.60. The third-order valence-corrected chi connectivity index (χ3v) is 8.81. The highest BCUT2D eigenvalue weighted by Crippen LogP contribution is 2.61. The Morgan fingerprint density at radius 2 is 1.65 bits per heavy atom. The minimum atomic E-state index is -0.339. The Morgan fingerprint density at radius 3 is 2.29 bits per heavy atom. The van der Waals surface area contributed by atoms with Crippen LogP contribution in [0.3, 0.4) is 0 Å². The van der Waals surface area contributed by atoms with Gasteiger partial charge in [-0.15, -0.1) is 0 Å². The zero-order valence-electron chi connectivity index (χ0n) is 20.9. The van der Waals surface area contributed by atoms with Crippen molar-refractivity contribution in [1.82, 2.24) is 5.32 Å². The lowest BCUT2D eigenvalue weighted by Gasteiger charge is -2.60. The zero-order valence-corrected chi connectivity index (χ0v) is 20.9. The number of fused-ring (bicyclic) bond motifs is 1. The molecule has 5 heteroatoms. The molecule has 4 rings (SSSR count). The van der Waals surface area contributed by atoms with Crippen LogP contribution in [0.1, 0.15) is 79.7 Å². The molecular weight excluding hydrogens is 426 g/mol. The number of Topliss-reactive ketones (excluding diaryl/α,β-unsaturated/α-hetero) is 1. The van der Waals surface area contributed by atoms with Crippen molar-refractivity contribution in [3.05, 3.63) is 59.2 Å². The minimum absolute atomic E-state index is 0.0400. The number of hydrogen-bond acceptors (Lipinski definition) is 4. The molecule has 2 aromatic carbocycles. The molecule has 0 spiro atoms. The van der Waals surface area contributed by atoms with Crippen LogP contribution in [0.15, 0.2) is 42.5 Å². The van der Waals surface area contributed by atoms with Gasteiger partial charge in [0.15, 0.2) is 5.78 Å². The quantitative estimate of drug-likeness (QED) is 0.495. The Balaban J connectivity index is 1.74. The summed E-state index contributed by atoms with van der Waals surface area (Å²) >= 11 is 0. The van der Waals surface area contributed by atoms with Gasteiger partial charge in [0.25, 0.3) is 5.91 Å². The number of carbonyl (C=O) groups is 2. The molecule has 2 aliphatic carbocycles. The smallest absolute Gasteiger partial charge is 0.251 e. The zero-order chi connectivity index (χ0) is 24.8. The molecule has 5 atom stereocenters. The van der Waals surface area contributed by atoms with Gasteiger partial charge in [-0.1, -0.05) is 52.3 Å². The fourth-order valence-electron chi connectivity index (χ4n) is 7.15. The molecule has 3 N–H and O–H groups in total. The molecule has 0 radical (unpaired) electrons. The highest BCUT2D eigenvalue weighted by Gasteiger charge is 2.58. The lowest BCUT2D eigenvalue weighted by molar-refractivity contribution is -0.0902. The Hall–Kier alpha value is -2.82. The van der Waals surface area contributed by atoms with Crippen LogP contribution in [0.25, 0.3) is 0 Å². The Labute approximate surface area is 202 Å². The monoisotopic (exact) mass is 463 g/mol. The molecular formula is C29H37NO4. The molecule has 5 nitrogen and oxygen atoms in total. The van der Waals surface area contributed by atoms with Crippen molar-refractivity contribution < 1.29 is 19.8 Å². The first-order valence-electron chi connectivity index (χ1n) is 12.4. The van der Waals surface area contributed by atoms with Crippen molar-refractivity contribution in [3.8, 4) is 11.5 Å². The number of ketones is 1. The first kappa shape index (κ1) is 24.3. The molecule has 34 heavy (non-hydrogen) atoms. The van der Waals surface area contributed by atoms with E-state index in [1.165, 1.54) is 18.2 Å². The third kappa shape index (κ3) is 4.21. The van der Waals surface area contributed by atoms with Gasteiger partial charge in [-0.2, -0.15) is 0 Å². The predicted molar refractivity (Wildman–Crippen MR) is 133 cm³/mol. The molecule has 0 unspecified atom stereocenters. The molecule has 0 bridgehead atoms. The standard InChI is InChI=1S/C29H37NO4/c1-17-9-6-7-10-22(17)27(34)30-23-16-24-28(3,4)11-8-12-29(24,5)25(18(23)2)26(33)19-13-20(31)15-21(32)14-19/h6-7,9-10,13-15,18,23-25,31-32H,8,11-12,16H2,1-5H3,(H,30,34)/t18-,23-,24+,25-,29+/m1/s1. The van der Waals surface area contributed by atoms with Crippen molar-refractivity contribution in [2.45, 2.75) is 66.3 Å². The number of aryl methyl sites for hydroxylation is 1. The van der Waals surface area contributed by atoms with Crippen molar-refractivity contribution >= 4 is 11.7 Å². The van der Waals surface area contributed by atoms with Gasteiger partial charge < -0.3 is 15.5 Å². The second kappa shape index (κ2) is 8.75. The van der Waals surface area contributed by atoms with Crippen molar-refractivity contribution in [1.29, 1.82) is 0 Å². The average Bonchev–Trinajstić information content (AvgIpc) is 2.74. The van der Waals surface area contributed by atoms with Gasteiger partial charge in [0.1, 0.15) is 11.5 Å². The number of benzene rings is 2. The molecule has 2 saturated carbocycles. The van der Waals surface area contributed by atoms with Crippen LogP contribution in [0.4, 0.5) is 0 Å². The van der Waals surface area contributed by atoms with E-state index in [2.05, 4.69) is 33.0 Å². The molecule has 1 amide bonds. The van der Waals surface area contributed by atoms with E-state index in [1.807, 2.05) is 31.2 Å². The molecule has 0 heterocycles. The number of hydrogen-bond donors (Lipinski definition) is 3. The fourth-order valence-corrected chi connectivity index (χ4v) is 7.15. The van der Waals surface area contributed by atoms with E-state index in [0.717, 1.165) is 31.2 Å². The van der Waals surface area contributed by atoms with Gasteiger partial charge in [-0.3, -0.25) is 9.59 Å². The fraction of sp³-hybridized carbons (Fsp3) is 0.517. The lowest BCUT2D eigenvalue weighted by atomic mass is 9.45. The van der Waals surface area contributed by atoms with Crippen LogP contribution in [-0.4, -0.2) is 27.9 Å². The summed E-state index contributed by atoms with van der Waals surface area (Å²) in [6, 6.07) is 11.5. The molecule has 0 saturated heterocycles. The molecule has 0 aliphatic heterocycles. The minimum Gasteiger partial charge on any atom is -0.508 e. The topological polar surface area (TPSA) is 86.6 Å². The summed E-state index contributed by atoms with van der Waals surface area (Å²) in [7, 11) is 0. The number of phenolic OH excluding ortho intramolecular Hbond substituents is 2. The van der Waals surface area contributed by atoms with Gasteiger partial charge in [0.05, 0.1) is 0 Å². The molecule has 0 aromatic heterocycles. The van der Waals surface area contributed by atoms with Gasteiger partial charge in [-0.25, -0.2) is 0 Å². The Bertz CT molecular complexity index is 1090. The normalized spacial score (nSPS) is 30.3. The molecule has 2 aromatic rings. The largest absolute Gasteiger partial charge is 0.508 e.